The number of nitrogens with zero attached hydrogens (tertiary/aromatic N) is 1. The highest BCUT2D eigenvalue weighted by Crippen LogP contribution is 2.23. The second-order valence-corrected chi connectivity index (χ2v) is 7.02. The number of nitrogens with one attached hydrogen (secondary N) is 1. The van der Waals surface area contributed by atoms with Crippen LogP contribution < -0.4 is 0 Å². The minimum Gasteiger partial charge on any atom is -0.462 e. The van der Waals surface area contributed by atoms with Crippen molar-refractivity contribution in [1.82, 2.24) is 9.88 Å². The Bertz CT molecular complexity index is 830. The van der Waals surface area contributed by atoms with Crippen molar-refractivity contribution in [3.63, 3.8) is 0 Å². The summed E-state index contributed by atoms with van der Waals surface area (Å²) in [4.78, 5) is 29.9. The molecule has 0 fully saturated rings. The van der Waals surface area contributed by atoms with Gasteiger partial charge in [-0.15, -0.1) is 0 Å². The number of carbonyl (C=O) groups excluding carboxylic acids is 2. The molecule has 0 saturated heterocycles. The molecule has 2 rings (SSSR count). The van der Waals surface area contributed by atoms with E-state index < -0.39 is 5.97 Å². The maximum absolute atomic E-state index is 12.8. The van der Waals surface area contributed by atoms with Crippen molar-refractivity contribution in [2.24, 2.45) is 0 Å². The van der Waals surface area contributed by atoms with Gasteiger partial charge in [-0.25, -0.2) is 4.79 Å². The third-order valence-electron chi connectivity index (χ3n) is 4.00. The molecule has 0 aliphatic rings. The average molecular weight is 397 g/mol. The third-order valence-corrected chi connectivity index (χ3v) is 4.59. The van der Waals surface area contributed by atoms with Crippen LogP contribution in [0.3, 0.4) is 0 Å². The van der Waals surface area contributed by atoms with Crippen LogP contribution >= 0.6 is 23.2 Å². The van der Waals surface area contributed by atoms with Crippen LogP contribution in [0.4, 0.5) is 0 Å². The predicted octanol–water partition coefficient (Wildman–Crippen LogP) is 4.43. The van der Waals surface area contributed by atoms with Crippen LogP contribution in [0.25, 0.3) is 0 Å². The summed E-state index contributed by atoms with van der Waals surface area (Å²) < 4.78 is 5.09. The Hall–Kier alpha value is -1.82. The molecule has 0 aliphatic carbocycles. The summed E-state index contributed by atoms with van der Waals surface area (Å²) in [6, 6.07) is 5.27. The molecular formula is C19H22Cl2N2O3. The number of aromatic nitrogens is 1. The quantitative estimate of drug-likeness (QED) is 0.555. The molecular weight excluding hydrogens is 375 g/mol. The third kappa shape index (κ3) is 4.67. The molecule has 0 saturated carbocycles. The number of ether oxygens (including phenoxy) is 1. The summed E-state index contributed by atoms with van der Waals surface area (Å²) in [7, 11) is 1.82. The molecule has 1 heterocycles. The van der Waals surface area contributed by atoms with E-state index in [4.69, 9.17) is 27.9 Å². The van der Waals surface area contributed by atoms with Gasteiger partial charge in [-0.1, -0.05) is 29.3 Å². The van der Waals surface area contributed by atoms with Gasteiger partial charge in [0.05, 0.1) is 24.3 Å². The lowest BCUT2D eigenvalue weighted by Gasteiger charge is -2.17. The fourth-order valence-electron chi connectivity index (χ4n) is 2.91. The highest BCUT2D eigenvalue weighted by molar-refractivity contribution is 6.35. The molecule has 0 spiro atoms. The summed E-state index contributed by atoms with van der Waals surface area (Å²) in [5.41, 5.74) is 2.86. The van der Waals surface area contributed by atoms with Crippen molar-refractivity contribution < 1.29 is 14.3 Å². The van der Waals surface area contributed by atoms with Gasteiger partial charge >= 0.3 is 5.97 Å². The Morgan fingerprint density at radius 1 is 1.15 bits per heavy atom. The number of aromatic amines is 1. The molecule has 140 valence electrons. The summed E-state index contributed by atoms with van der Waals surface area (Å²) in [6.45, 7) is 6.15. The van der Waals surface area contributed by atoms with E-state index >= 15 is 0 Å². The second-order valence-electron chi connectivity index (χ2n) is 6.18. The Morgan fingerprint density at radius 2 is 1.81 bits per heavy atom. The maximum Gasteiger partial charge on any atom is 0.340 e. The lowest BCUT2D eigenvalue weighted by molar-refractivity contribution is 0.0522. The molecule has 5 nitrogen and oxygen atoms in total. The van der Waals surface area contributed by atoms with Gasteiger partial charge in [-0.05, 0) is 45.5 Å². The molecule has 1 aromatic carbocycles. The van der Waals surface area contributed by atoms with Crippen molar-refractivity contribution in [2.75, 3.05) is 20.2 Å². The molecule has 0 bridgehead atoms. The number of esters is 1. The molecule has 0 aliphatic heterocycles. The molecule has 1 N–H and O–H groups in total. The molecule has 1 aromatic heterocycles. The van der Waals surface area contributed by atoms with E-state index in [1.165, 1.54) is 0 Å². The van der Waals surface area contributed by atoms with Gasteiger partial charge in [-0.2, -0.15) is 0 Å². The Morgan fingerprint density at radius 3 is 2.42 bits per heavy atom. The monoisotopic (exact) mass is 396 g/mol. The summed E-state index contributed by atoms with van der Waals surface area (Å²) >= 11 is 12.1. The zero-order valence-electron chi connectivity index (χ0n) is 15.3. The van der Waals surface area contributed by atoms with E-state index in [0.717, 1.165) is 5.56 Å². The standard InChI is InChI=1S/C19H22Cl2N2O3/c1-5-26-19(25)18-12(3)22-11(2)17(18)16(24)10-23(4)9-13-6-7-14(20)8-15(13)21/h6-8,22H,5,9-10H2,1-4H3. The molecule has 0 unspecified atom stereocenters. The van der Waals surface area contributed by atoms with Crippen LogP contribution in [0, 0.1) is 13.8 Å². The fourth-order valence-corrected chi connectivity index (χ4v) is 3.38. The van der Waals surface area contributed by atoms with E-state index in [9.17, 15) is 9.59 Å². The van der Waals surface area contributed by atoms with Crippen molar-refractivity contribution in [2.45, 2.75) is 27.3 Å². The minimum absolute atomic E-state index is 0.142. The van der Waals surface area contributed by atoms with Gasteiger partial charge in [-0.3, -0.25) is 9.69 Å². The van der Waals surface area contributed by atoms with Gasteiger partial charge in [0.15, 0.2) is 5.78 Å². The Balaban J connectivity index is 2.18. The fraction of sp³-hybridized carbons (Fsp3) is 0.368. The number of H-pyrrole nitrogens is 1. The van der Waals surface area contributed by atoms with Crippen LogP contribution in [0.15, 0.2) is 18.2 Å². The van der Waals surface area contributed by atoms with Crippen molar-refractivity contribution in [3.05, 3.63) is 56.3 Å². The first-order chi connectivity index (χ1) is 12.2. The predicted molar refractivity (Wildman–Crippen MR) is 103 cm³/mol. The van der Waals surface area contributed by atoms with Gasteiger partial charge < -0.3 is 9.72 Å². The SMILES string of the molecule is CCOC(=O)c1c(C)[nH]c(C)c1C(=O)CN(C)Cc1ccc(Cl)cc1Cl. The van der Waals surface area contributed by atoms with Crippen LogP contribution in [0.2, 0.25) is 10.0 Å². The molecule has 2 aromatic rings. The first kappa shape index (κ1) is 20.5. The highest BCUT2D eigenvalue weighted by atomic mass is 35.5. The van der Waals surface area contributed by atoms with Crippen molar-refractivity contribution >= 4 is 35.0 Å². The molecule has 0 amide bonds. The van der Waals surface area contributed by atoms with Crippen LogP contribution in [-0.4, -0.2) is 41.8 Å². The minimum atomic E-state index is -0.485. The maximum atomic E-state index is 12.8. The summed E-state index contributed by atoms with van der Waals surface area (Å²) in [6.07, 6.45) is 0. The molecule has 0 atom stereocenters. The number of carbonyl (C=O) groups is 2. The first-order valence-corrected chi connectivity index (χ1v) is 9.02. The smallest absolute Gasteiger partial charge is 0.340 e. The first-order valence-electron chi connectivity index (χ1n) is 8.26. The zero-order chi connectivity index (χ0) is 19.4. The van der Waals surface area contributed by atoms with Gasteiger partial charge in [0.25, 0.3) is 0 Å². The largest absolute Gasteiger partial charge is 0.462 e. The van der Waals surface area contributed by atoms with Crippen LogP contribution in [0.5, 0.6) is 0 Å². The van der Waals surface area contributed by atoms with E-state index in [0.29, 0.717) is 39.1 Å². The van der Waals surface area contributed by atoms with Crippen molar-refractivity contribution in [3.8, 4) is 0 Å². The van der Waals surface area contributed by atoms with E-state index in [1.54, 1.807) is 32.9 Å². The summed E-state index contributed by atoms with van der Waals surface area (Å²) in [5.74, 6) is -0.636. The number of hydrogen-bond acceptors (Lipinski definition) is 4. The number of hydrogen-bond donors (Lipinski definition) is 1. The second kappa shape index (κ2) is 8.71. The Labute approximate surface area is 163 Å². The number of ketones is 1. The van der Waals surface area contributed by atoms with E-state index in [-0.39, 0.29) is 18.9 Å². The van der Waals surface area contributed by atoms with Crippen LogP contribution in [-0.2, 0) is 11.3 Å². The van der Waals surface area contributed by atoms with Crippen molar-refractivity contribution in [1.29, 1.82) is 0 Å². The topological polar surface area (TPSA) is 62.4 Å². The number of aryl methyl sites for hydroxylation is 2. The zero-order valence-corrected chi connectivity index (χ0v) is 16.8. The van der Waals surface area contributed by atoms with E-state index in [2.05, 4.69) is 4.98 Å². The molecule has 7 heteroatoms. The number of halogens is 2. The average Bonchev–Trinajstić information content (AvgIpc) is 2.84. The lowest BCUT2D eigenvalue weighted by atomic mass is 10.0. The van der Waals surface area contributed by atoms with Gasteiger partial charge in [0.2, 0.25) is 0 Å². The number of Topliss-reactive ketones (excluding diaryl/α,β-unsaturated/α-hetero) is 1. The number of likely N-dealkylation sites (N-methyl/N-ethyl adjacent to an activating group) is 1. The Kier molecular flexibility index (Phi) is 6.87. The normalized spacial score (nSPS) is 11.0. The molecule has 26 heavy (non-hydrogen) atoms. The number of benzene rings is 1. The van der Waals surface area contributed by atoms with E-state index in [1.807, 2.05) is 18.0 Å². The molecule has 0 radical (unpaired) electrons. The number of rotatable bonds is 7. The summed E-state index contributed by atoms with van der Waals surface area (Å²) in [5, 5.41) is 1.12. The van der Waals surface area contributed by atoms with Crippen LogP contribution in [0.1, 0.15) is 44.6 Å². The lowest BCUT2D eigenvalue weighted by Crippen LogP contribution is -2.27. The van der Waals surface area contributed by atoms with Gasteiger partial charge in [0, 0.05) is 28.0 Å². The van der Waals surface area contributed by atoms with Gasteiger partial charge in [0.1, 0.15) is 0 Å². The highest BCUT2D eigenvalue weighted by Gasteiger charge is 2.25.